The zero-order chi connectivity index (χ0) is 20.1. The minimum atomic E-state index is 0.0606. The van der Waals surface area contributed by atoms with Crippen LogP contribution in [0.4, 0.5) is 5.82 Å². The summed E-state index contributed by atoms with van der Waals surface area (Å²) in [5, 5.41) is 4.35. The molecule has 0 spiro atoms. The second-order valence-corrected chi connectivity index (χ2v) is 7.42. The fraction of sp³-hybridized carbons (Fsp3) is 0.381. The molecule has 0 aliphatic carbocycles. The molecule has 2 aromatic heterocycles. The fourth-order valence-electron chi connectivity index (χ4n) is 3.29. The summed E-state index contributed by atoms with van der Waals surface area (Å²) in [6.45, 7) is 8.06. The second kappa shape index (κ2) is 9.01. The Kier molecular flexibility index (Phi) is 6.46. The Balaban J connectivity index is 1.83. The molecule has 0 bridgehead atoms. The lowest BCUT2D eigenvalue weighted by molar-refractivity contribution is 0.0777. The minimum Gasteiger partial charge on any atom is -0.496 e. The van der Waals surface area contributed by atoms with Gasteiger partial charge in [0, 0.05) is 19.6 Å². The Hall–Kier alpha value is -2.67. The van der Waals surface area contributed by atoms with Crippen LogP contribution < -0.4 is 10.1 Å². The van der Waals surface area contributed by atoms with Crippen LogP contribution in [0.2, 0.25) is 0 Å². The number of aromatic nitrogens is 2. The van der Waals surface area contributed by atoms with Crippen molar-refractivity contribution in [3.63, 3.8) is 0 Å². The van der Waals surface area contributed by atoms with E-state index in [9.17, 15) is 4.79 Å². The third kappa shape index (κ3) is 3.94. The van der Waals surface area contributed by atoms with Crippen LogP contribution in [0.3, 0.4) is 0 Å². The van der Waals surface area contributed by atoms with Crippen molar-refractivity contribution in [2.24, 2.45) is 0 Å². The van der Waals surface area contributed by atoms with Gasteiger partial charge in [0.25, 0.3) is 5.91 Å². The molecule has 1 amide bonds. The maximum absolute atomic E-state index is 12.8. The van der Waals surface area contributed by atoms with Gasteiger partial charge in [-0.25, -0.2) is 9.97 Å². The van der Waals surface area contributed by atoms with Gasteiger partial charge in [0.05, 0.1) is 17.4 Å². The average molecular weight is 399 g/mol. The number of hydrogen-bond acceptors (Lipinski definition) is 6. The summed E-state index contributed by atoms with van der Waals surface area (Å²) in [7, 11) is 1.68. The van der Waals surface area contributed by atoms with Crippen molar-refractivity contribution in [2.75, 3.05) is 32.1 Å². The number of carbonyl (C=O) groups excluding carboxylic acids is 1. The third-order valence-corrected chi connectivity index (χ3v) is 6.04. The highest BCUT2D eigenvalue weighted by Crippen LogP contribution is 2.34. The van der Waals surface area contributed by atoms with E-state index < -0.39 is 0 Å². The number of amides is 1. The third-order valence-electron chi connectivity index (χ3n) is 4.85. The summed E-state index contributed by atoms with van der Waals surface area (Å²) in [5.41, 5.74) is 2.08. The molecule has 0 saturated carbocycles. The van der Waals surface area contributed by atoms with Crippen LogP contribution in [0, 0.1) is 6.92 Å². The summed E-state index contributed by atoms with van der Waals surface area (Å²) in [6, 6.07) is 8.00. The summed E-state index contributed by atoms with van der Waals surface area (Å²) in [5.74, 6) is 1.72. The van der Waals surface area contributed by atoms with Crippen LogP contribution in [-0.4, -0.2) is 47.5 Å². The molecular weight excluding hydrogens is 372 g/mol. The molecule has 2 heterocycles. The molecule has 6 nitrogen and oxygen atoms in total. The molecule has 0 radical (unpaired) electrons. The Morgan fingerprint density at radius 3 is 2.68 bits per heavy atom. The van der Waals surface area contributed by atoms with Gasteiger partial charge in [-0.05, 0) is 44.4 Å². The first-order valence-electron chi connectivity index (χ1n) is 9.49. The second-order valence-electron chi connectivity index (χ2n) is 6.42. The van der Waals surface area contributed by atoms with E-state index in [0.717, 1.165) is 44.2 Å². The summed E-state index contributed by atoms with van der Waals surface area (Å²) in [6.07, 6.45) is 2.36. The lowest BCUT2D eigenvalue weighted by atomic mass is 10.1. The van der Waals surface area contributed by atoms with Gasteiger partial charge in [0.15, 0.2) is 0 Å². The van der Waals surface area contributed by atoms with E-state index in [1.54, 1.807) is 13.4 Å². The van der Waals surface area contributed by atoms with Gasteiger partial charge in [-0.2, -0.15) is 0 Å². The molecule has 1 aromatic carbocycles. The van der Waals surface area contributed by atoms with Gasteiger partial charge in [-0.1, -0.05) is 18.2 Å². The van der Waals surface area contributed by atoms with Gasteiger partial charge in [-0.15, -0.1) is 11.3 Å². The Labute approximate surface area is 169 Å². The number of nitrogens with one attached hydrogen (secondary N) is 1. The molecule has 0 aliphatic heterocycles. The van der Waals surface area contributed by atoms with Crippen molar-refractivity contribution in [1.82, 2.24) is 14.9 Å². The summed E-state index contributed by atoms with van der Waals surface area (Å²) < 4.78 is 5.42. The highest BCUT2D eigenvalue weighted by Gasteiger charge is 2.22. The molecule has 0 aliphatic rings. The van der Waals surface area contributed by atoms with Crippen molar-refractivity contribution in [1.29, 1.82) is 0 Å². The first kappa shape index (κ1) is 20.1. The number of para-hydroxylation sites is 1. The summed E-state index contributed by atoms with van der Waals surface area (Å²) in [4.78, 5) is 25.1. The normalized spacial score (nSPS) is 10.9. The predicted octanol–water partition coefficient (Wildman–Crippen LogP) is 4.14. The van der Waals surface area contributed by atoms with Gasteiger partial charge >= 0.3 is 0 Å². The number of fused-ring (bicyclic) bond motifs is 1. The lowest BCUT2D eigenvalue weighted by Crippen LogP contribution is -2.30. The topological polar surface area (TPSA) is 67.4 Å². The molecule has 0 saturated heterocycles. The quantitative estimate of drug-likeness (QED) is 0.617. The predicted molar refractivity (Wildman–Crippen MR) is 115 cm³/mol. The van der Waals surface area contributed by atoms with Crippen LogP contribution in [0.25, 0.3) is 10.2 Å². The number of hydrogen-bond donors (Lipinski definition) is 1. The molecular formula is C21H26N4O2S. The number of rotatable bonds is 8. The average Bonchev–Trinajstić information content (AvgIpc) is 3.06. The molecule has 3 aromatic rings. The number of thiophene rings is 1. The number of methoxy groups -OCH3 is 1. The van der Waals surface area contributed by atoms with Crippen LogP contribution in [-0.2, 0) is 6.42 Å². The molecule has 3 rings (SSSR count). The Morgan fingerprint density at radius 1 is 1.21 bits per heavy atom. The Morgan fingerprint density at radius 2 is 1.96 bits per heavy atom. The maximum atomic E-state index is 12.8. The highest BCUT2D eigenvalue weighted by atomic mass is 32.1. The van der Waals surface area contributed by atoms with Crippen LogP contribution in [0.15, 0.2) is 30.6 Å². The molecule has 1 N–H and O–H groups in total. The Bertz CT molecular complexity index is 966. The smallest absolute Gasteiger partial charge is 0.264 e. The highest BCUT2D eigenvalue weighted by molar-refractivity contribution is 7.20. The molecule has 0 atom stereocenters. The van der Waals surface area contributed by atoms with Gasteiger partial charge in [0.2, 0.25) is 0 Å². The zero-order valence-electron chi connectivity index (χ0n) is 16.8. The number of benzene rings is 1. The fourth-order valence-corrected chi connectivity index (χ4v) is 4.41. The SMILES string of the molecule is CCN(CC)C(=O)c1sc2ncnc(NCCc3ccccc3OC)c2c1C. The van der Waals surface area contributed by atoms with Crippen LogP contribution in [0.1, 0.15) is 34.6 Å². The number of ether oxygens (including phenoxy) is 1. The molecule has 148 valence electrons. The lowest BCUT2D eigenvalue weighted by Gasteiger charge is -2.17. The van der Waals surface area contributed by atoms with Crippen LogP contribution in [0.5, 0.6) is 5.75 Å². The van der Waals surface area contributed by atoms with E-state index in [1.165, 1.54) is 11.3 Å². The minimum absolute atomic E-state index is 0.0606. The van der Waals surface area contributed by atoms with E-state index >= 15 is 0 Å². The molecule has 7 heteroatoms. The van der Waals surface area contributed by atoms with E-state index in [-0.39, 0.29) is 5.91 Å². The van der Waals surface area contributed by atoms with E-state index in [1.807, 2.05) is 43.9 Å². The van der Waals surface area contributed by atoms with Gasteiger partial charge < -0.3 is 15.0 Å². The van der Waals surface area contributed by atoms with Crippen molar-refractivity contribution in [3.8, 4) is 5.75 Å². The van der Waals surface area contributed by atoms with Gasteiger partial charge in [0.1, 0.15) is 22.7 Å². The van der Waals surface area contributed by atoms with E-state index in [4.69, 9.17) is 4.74 Å². The van der Waals surface area contributed by atoms with Gasteiger partial charge in [-0.3, -0.25) is 4.79 Å². The largest absolute Gasteiger partial charge is 0.496 e. The maximum Gasteiger partial charge on any atom is 0.264 e. The molecule has 28 heavy (non-hydrogen) atoms. The van der Waals surface area contributed by atoms with Crippen molar-refractivity contribution >= 4 is 33.3 Å². The number of anilines is 1. The first-order valence-corrected chi connectivity index (χ1v) is 10.3. The first-order chi connectivity index (χ1) is 13.6. The zero-order valence-corrected chi connectivity index (χ0v) is 17.6. The number of carbonyl (C=O) groups is 1. The number of aryl methyl sites for hydroxylation is 1. The van der Waals surface area contributed by atoms with E-state index in [2.05, 4.69) is 21.4 Å². The van der Waals surface area contributed by atoms with E-state index in [0.29, 0.717) is 19.6 Å². The van der Waals surface area contributed by atoms with Crippen molar-refractivity contribution in [3.05, 3.63) is 46.6 Å². The monoisotopic (exact) mass is 398 g/mol. The number of nitrogens with zero attached hydrogens (tertiary/aromatic N) is 3. The summed E-state index contributed by atoms with van der Waals surface area (Å²) >= 11 is 1.44. The van der Waals surface area contributed by atoms with Crippen molar-refractivity contribution < 1.29 is 9.53 Å². The molecule has 0 unspecified atom stereocenters. The van der Waals surface area contributed by atoms with Crippen molar-refractivity contribution in [2.45, 2.75) is 27.2 Å². The standard InChI is InChI=1S/C21H26N4O2S/c1-5-25(6-2)21(26)18-14(3)17-19(23-13-24-20(17)28-18)22-12-11-15-9-7-8-10-16(15)27-4/h7-10,13H,5-6,11-12H2,1-4H3,(H,22,23,24). The van der Waals surface area contributed by atoms with Crippen LogP contribution >= 0.6 is 11.3 Å². The molecule has 0 fully saturated rings.